The lowest BCUT2D eigenvalue weighted by atomic mass is 9.87. The van der Waals surface area contributed by atoms with Crippen molar-refractivity contribution in [3.05, 3.63) is 28.8 Å². The Morgan fingerprint density at radius 3 is 2.44 bits per heavy atom. The third-order valence-electron chi connectivity index (χ3n) is 2.37. The molecule has 0 radical (unpaired) electrons. The minimum atomic E-state index is -0.483. The molecule has 1 aromatic rings. The van der Waals surface area contributed by atoms with E-state index in [-0.39, 0.29) is 5.41 Å². The van der Waals surface area contributed by atoms with Crippen LogP contribution in [0.4, 0.5) is 0 Å². The fourth-order valence-electron chi connectivity index (χ4n) is 1.59. The predicted molar refractivity (Wildman–Crippen MR) is 67.0 cm³/mol. The third-order valence-corrected chi connectivity index (χ3v) is 2.66. The molecule has 0 saturated carbocycles. The van der Waals surface area contributed by atoms with Gasteiger partial charge in [0.2, 0.25) is 0 Å². The summed E-state index contributed by atoms with van der Waals surface area (Å²) >= 11 is 6.01. The van der Waals surface area contributed by atoms with Crippen molar-refractivity contribution >= 4 is 11.6 Å². The van der Waals surface area contributed by atoms with Gasteiger partial charge in [0.05, 0.1) is 18.2 Å². The molecule has 1 rings (SSSR count). The molecule has 0 heterocycles. The van der Waals surface area contributed by atoms with Gasteiger partial charge in [-0.3, -0.25) is 0 Å². The molecule has 0 amide bonds. The van der Waals surface area contributed by atoms with Crippen LogP contribution in [0, 0.1) is 5.41 Å². The second kappa shape index (κ2) is 5.07. The van der Waals surface area contributed by atoms with E-state index in [1.807, 2.05) is 6.07 Å². The van der Waals surface area contributed by atoms with Gasteiger partial charge in [-0.25, -0.2) is 0 Å². The van der Waals surface area contributed by atoms with Gasteiger partial charge in [-0.05, 0) is 29.5 Å². The van der Waals surface area contributed by atoms with Crippen LogP contribution in [-0.2, 0) is 0 Å². The molecule has 0 aliphatic heterocycles. The molecule has 0 aromatic heterocycles. The van der Waals surface area contributed by atoms with Gasteiger partial charge in [-0.15, -0.1) is 0 Å². The molecule has 16 heavy (non-hydrogen) atoms. The van der Waals surface area contributed by atoms with E-state index >= 15 is 0 Å². The first-order valence-corrected chi connectivity index (χ1v) is 5.73. The molecule has 1 atom stereocenters. The van der Waals surface area contributed by atoms with Crippen LogP contribution in [0.5, 0.6) is 5.75 Å². The van der Waals surface area contributed by atoms with E-state index in [2.05, 4.69) is 20.8 Å². The Bertz CT molecular complexity index is 355. The smallest absolute Gasteiger partial charge is 0.137 e. The molecule has 2 nitrogen and oxygen atoms in total. The molecule has 0 fully saturated rings. The van der Waals surface area contributed by atoms with E-state index in [0.717, 1.165) is 5.56 Å². The van der Waals surface area contributed by atoms with Crippen molar-refractivity contribution < 1.29 is 9.84 Å². The van der Waals surface area contributed by atoms with E-state index in [1.54, 1.807) is 19.2 Å². The van der Waals surface area contributed by atoms with E-state index < -0.39 is 6.10 Å². The minimum absolute atomic E-state index is 0.0891. The van der Waals surface area contributed by atoms with Crippen molar-refractivity contribution in [1.82, 2.24) is 0 Å². The topological polar surface area (TPSA) is 29.5 Å². The maximum atomic E-state index is 10.0. The van der Waals surface area contributed by atoms with Crippen LogP contribution in [0.25, 0.3) is 0 Å². The molecular weight excluding hydrogens is 224 g/mol. The van der Waals surface area contributed by atoms with Gasteiger partial charge in [0.25, 0.3) is 0 Å². The minimum Gasteiger partial charge on any atom is -0.495 e. The Labute approximate surface area is 102 Å². The van der Waals surface area contributed by atoms with Crippen LogP contribution in [-0.4, -0.2) is 12.2 Å². The van der Waals surface area contributed by atoms with E-state index in [4.69, 9.17) is 16.3 Å². The Balaban J connectivity index is 2.85. The Morgan fingerprint density at radius 2 is 2.00 bits per heavy atom. The average molecular weight is 243 g/mol. The molecule has 3 heteroatoms. The fourth-order valence-corrected chi connectivity index (χ4v) is 1.85. The average Bonchev–Trinajstić information content (AvgIpc) is 2.15. The maximum Gasteiger partial charge on any atom is 0.137 e. The Hall–Kier alpha value is -0.730. The number of halogens is 1. The maximum absolute atomic E-state index is 10.0. The van der Waals surface area contributed by atoms with Crippen molar-refractivity contribution in [3.8, 4) is 5.75 Å². The van der Waals surface area contributed by atoms with Gasteiger partial charge in [-0.2, -0.15) is 0 Å². The van der Waals surface area contributed by atoms with Crippen molar-refractivity contribution in [2.24, 2.45) is 5.41 Å². The lowest BCUT2D eigenvalue weighted by molar-refractivity contribution is 0.122. The van der Waals surface area contributed by atoms with Crippen LogP contribution >= 0.6 is 11.6 Å². The zero-order chi connectivity index (χ0) is 12.3. The van der Waals surface area contributed by atoms with Crippen molar-refractivity contribution in [2.75, 3.05) is 7.11 Å². The Morgan fingerprint density at radius 1 is 1.38 bits per heavy atom. The molecule has 1 N–H and O–H groups in total. The predicted octanol–water partition coefficient (Wildman–Crippen LogP) is 3.82. The van der Waals surface area contributed by atoms with Crippen LogP contribution in [0.1, 0.15) is 38.9 Å². The van der Waals surface area contributed by atoms with Crippen molar-refractivity contribution in [2.45, 2.75) is 33.3 Å². The molecule has 0 bridgehead atoms. The molecule has 0 aliphatic rings. The summed E-state index contributed by atoms with van der Waals surface area (Å²) in [5, 5.41) is 10.6. The third kappa shape index (κ3) is 3.69. The first-order valence-electron chi connectivity index (χ1n) is 5.35. The SMILES string of the molecule is COc1ccc(C(O)CC(C)(C)C)cc1Cl. The molecule has 0 aliphatic carbocycles. The highest BCUT2D eigenvalue weighted by Crippen LogP contribution is 2.33. The summed E-state index contributed by atoms with van der Waals surface area (Å²) < 4.78 is 5.07. The largest absolute Gasteiger partial charge is 0.495 e. The number of aliphatic hydroxyl groups is 1. The van der Waals surface area contributed by atoms with Gasteiger partial charge >= 0.3 is 0 Å². The summed E-state index contributed by atoms with van der Waals surface area (Å²) in [7, 11) is 1.58. The van der Waals surface area contributed by atoms with E-state index in [9.17, 15) is 5.11 Å². The van der Waals surface area contributed by atoms with Gasteiger partial charge < -0.3 is 9.84 Å². The second-order valence-electron chi connectivity index (χ2n) is 5.17. The fraction of sp³-hybridized carbons (Fsp3) is 0.538. The summed E-state index contributed by atoms with van der Waals surface area (Å²) in [6.07, 6.45) is 0.221. The summed E-state index contributed by atoms with van der Waals surface area (Å²) in [6, 6.07) is 5.39. The first kappa shape index (κ1) is 13.3. The standard InChI is InChI=1S/C13H19ClO2/c1-13(2,3)8-11(15)9-5-6-12(16-4)10(14)7-9/h5-7,11,15H,8H2,1-4H3. The zero-order valence-corrected chi connectivity index (χ0v) is 11.0. The highest BCUT2D eigenvalue weighted by atomic mass is 35.5. The molecule has 1 unspecified atom stereocenters. The molecular formula is C13H19ClO2. The summed E-state index contributed by atoms with van der Waals surface area (Å²) in [4.78, 5) is 0. The summed E-state index contributed by atoms with van der Waals surface area (Å²) in [6.45, 7) is 6.30. The summed E-state index contributed by atoms with van der Waals surface area (Å²) in [5.41, 5.74) is 0.923. The molecule has 90 valence electrons. The lowest BCUT2D eigenvalue weighted by Crippen LogP contribution is -2.11. The normalized spacial score (nSPS) is 13.6. The number of ether oxygens (including phenoxy) is 1. The van der Waals surface area contributed by atoms with Crippen LogP contribution in [0.3, 0.4) is 0 Å². The number of hydrogen-bond acceptors (Lipinski definition) is 2. The second-order valence-corrected chi connectivity index (χ2v) is 5.58. The molecule has 0 saturated heterocycles. The van der Waals surface area contributed by atoms with E-state index in [0.29, 0.717) is 17.2 Å². The summed E-state index contributed by atoms with van der Waals surface area (Å²) in [5.74, 6) is 0.633. The van der Waals surface area contributed by atoms with Gasteiger partial charge in [0, 0.05) is 0 Å². The number of aliphatic hydroxyl groups excluding tert-OH is 1. The quantitative estimate of drug-likeness (QED) is 0.873. The Kier molecular flexibility index (Phi) is 4.22. The van der Waals surface area contributed by atoms with Crippen molar-refractivity contribution in [1.29, 1.82) is 0 Å². The number of benzene rings is 1. The number of hydrogen-bond donors (Lipinski definition) is 1. The molecule has 1 aromatic carbocycles. The lowest BCUT2D eigenvalue weighted by Gasteiger charge is -2.22. The highest BCUT2D eigenvalue weighted by Gasteiger charge is 2.18. The highest BCUT2D eigenvalue weighted by molar-refractivity contribution is 6.32. The number of methoxy groups -OCH3 is 1. The van der Waals surface area contributed by atoms with Gasteiger partial charge in [-0.1, -0.05) is 38.4 Å². The van der Waals surface area contributed by atoms with E-state index in [1.165, 1.54) is 0 Å². The van der Waals surface area contributed by atoms with Crippen LogP contribution in [0.15, 0.2) is 18.2 Å². The molecule has 0 spiro atoms. The van der Waals surface area contributed by atoms with Crippen LogP contribution in [0.2, 0.25) is 5.02 Å². The van der Waals surface area contributed by atoms with Crippen LogP contribution < -0.4 is 4.74 Å². The number of rotatable bonds is 3. The van der Waals surface area contributed by atoms with Gasteiger partial charge in [0.1, 0.15) is 5.75 Å². The van der Waals surface area contributed by atoms with Gasteiger partial charge in [0.15, 0.2) is 0 Å². The monoisotopic (exact) mass is 242 g/mol. The van der Waals surface area contributed by atoms with Crippen molar-refractivity contribution in [3.63, 3.8) is 0 Å². The first-order chi connectivity index (χ1) is 7.33. The zero-order valence-electron chi connectivity index (χ0n) is 10.2.